The Hall–Kier alpha value is -1.68. The van der Waals surface area contributed by atoms with Crippen LogP contribution in [0.2, 0.25) is 0 Å². The van der Waals surface area contributed by atoms with E-state index in [1.165, 1.54) is 11.8 Å². The largest absolute Gasteiger partial charge is 0.383 e. The smallest absolute Gasteiger partial charge is 0.191 e. The van der Waals surface area contributed by atoms with Gasteiger partial charge in [-0.2, -0.15) is 0 Å². The summed E-state index contributed by atoms with van der Waals surface area (Å²) in [5.74, 6) is 1.16. The Morgan fingerprint density at radius 3 is 2.59 bits per heavy atom. The molecule has 0 spiro atoms. The molecule has 0 bridgehead atoms. The molecule has 0 saturated carbocycles. The monoisotopic (exact) mass is 495 g/mol. The SMILES string of the molecule is COCCn1c(SCCS(=O)(=O)c2ccc(Br)cc2)nnc1-c1cccc(C)c1. The fourth-order valence-electron chi connectivity index (χ4n) is 2.78. The number of aryl methyl sites for hydroxylation is 1. The zero-order valence-corrected chi connectivity index (χ0v) is 19.4. The van der Waals surface area contributed by atoms with Crippen molar-refractivity contribution in [2.24, 2.45) is 0 Å². The summed E-state index contributed by atoms with van der Waals surface area (Å²) in [4.78, 5) is 0.322. The number of halogens is 1. The number of sulfone groups is 1. The summed E-state index contributed by atoms with van der Waals surface area (Å²) in [5.41, 5.74) is 2.11. The quantitative estimate of drug-likeness (QED) is 0.413. The lowest BCUT2D eigenvalue weighted by molar-refractivity contribution is 0.185. The zero-order valence-electron chi connectivity index (χ0n) is 16.2. The highest BCUT2D eigenvalue weighted by atomic mass is 79.9. The fraction of sp³-hybridized carbons (Fsp3) is 0.300. The molecule has 0 N–H and O–H groups in total. The van der Waals surface area contributed by atoms with Crippen LogP contribution < -0.4 is 0 Å². The summed E-state index contributed by atoms with van der Waals surface area (Å²) >= 11 is 4.71. The maximum Gasteiger partial charge on any atom is 0.191 e. The van der Waals surface area contributed by atoms with Gasteiger partial charge in [0.25, 0.3) is 0 Å². The van der Waals surface area contributed by atoms with Crippen LogP contribution in [0.5, 0.6) is 0 Å². The van der Waals surface area contributed by atoms with Crippen molar-refractivity contribution in [3.8, 4) is 11.4 Å². The molecule has 2 aromatic carbocycles. The maximum atomic E-state index is 12.6. The predicted molar refractivity (Wildman–Crippen MR) is 119 cm³/mol. The van der Waals surface area contributed by atoms with Gasteiger partial charge in [0, 0.05) is 22.9 Å². The van der Waals surface area contributed by atoms with E-state index in [2.05, 4.69) is 32.2 Å². The summed E-state index contributed by atoms with van der Waals surface area (Å²) in [6, 6.07) is 14.7. The van der Waals surface area contributed by atoms with Gasteiger partial charge in [0.05, 0.1) is 23.8 Å². The lowest BCUT2D eigenvalue weighted by Gasteiger charge is -2.10. The summed E-state index contributed by atoms with van der Waals surface area (Å²) < 4.78 is 33.2. The molecule has 29 heavy (non-hydrogen) atoms. The molecule has 154 valence electrons. The average molecular weight is 496 g/mol. The molecule has 9 heteroatoms. The van der Waals surface area contributed by atoms with Crippen LogP contribution in [0.15, 0.2) is 63.1 Å². The second-order valence-corrected chi connectivity index (χ2v) is 10.5. The van der Waals surface area contributed by atoms with Gasteiger partial charge in [-0.05, 0) is 37.3 Å². The van der Waals surface area contributed by atoms with Crippen LogP contribution in [-0.2, 0) is 21.1 Å². The van der Waals surface area contributed by atoms with Crippen molar-refractivity contribution in [1.29, 1.82) is 0 Å². The Balaban J connectivity index is 1.76. The van der Waals surface area contributed by atoms with E-state index < -0.39 is 9.84 Å². The molecule has 0 amide bonds. The number of nitrogens with zero attached hydrogens (tertiary/aromatic N) is 3. The van der Waals surface area contributed by atoms with Crippen molar-refractivity contribution in [3.63, 3.8) is 0 Å². The van der Waals surface area contributed by atoms with E-state index in [0.717, 1.165) is 21.4 Å². The van der Waals surface area contributed by atoms with E-state index in [4.69, 9.17) is 4.74 Å². The second-order valence-electron chi connectivity index (χ2n) is 6.44. The van der Waals surface area contributed by atoms with E-state index >= 15 is 0 Å². The topological polar surface area (TPSA) is 74.1 Å². The predicted octanol–water partition coefficient (Wildman–Crippen LogP) is 4.23. The Bertz CT molecular complexity index is 1070. The molecule has 0 aliphatic heterocycles. The summed E-state index contributed by atoms with van der Waals surface area (Å²) in [6.07, 6.45) is 0. The van der Waals surface area contributed by atoms with Crippen LogP contribution in [-0.4, -0.2) is 48.4 Å². The van der Waals surface area contributed by atoms with Gasteiger partial charge in [0.15, 0.2) is 20.8 Å². The lowest BCUT2D eigenvalue weighted by atomic mass is 10.1. The van der Waals surface area contributed by atoms with Gasteiger partial charge in [-0.25, -0.2) is 8.42 Å². The first-order chi connectivity index (χ1) is 13.9. The molecule has 0 aliphatic carbocycles. The van der Waals surface area contributed by atoms with Crippen LogP contribution in [0.3, 0.4) is 0 Å². The molecule has 0 atom stereocenters. The number of rotatable bonds is 9. The number of methoxy groups -OCH3 is 1. The second kappa shape index (κ2) is 9.88. The third-order valence-electron chi connectivity index (χ3n) is 4.27. The van der Waals surface area contributed by atoms with Gasteiger partial charge < -0.3 is 4.74 Å². The molecular weight excluding hydrogens is 474 g/mol. The maximum absolute atomic E-state index is 12.6. The molecule has 0 unspecified atom stereocenters. The van der Waals surface area contributed by atoms with Gasteiger partial charge in [0.2, 0.25) is 0 Å². The Kier molecular flexibility index (Phi) is 7.50. The van der Waals surface area contributed by atoms with Crippen LogP contribution in [0, 0.1) is 6.92 Å². The first-order valence-corrected chi connectivity index (χ1v) is 12.4. The molecular formula is C20H22BrN3O3S2. The molecule has 3 rings (SSSR count). The van der Waals surface area contributed by atoms with Crippen LogP contribution >= 0.6 is 27.7 Å². The van der Waals surface area contributed by atoms with Crippen molar-refractivity contribution in [3.05, 3.63) is 58.6 Å². The number of hydrogen-bond acceptors (Lipinski definition) is 6. The standard InChI is InChI=1S/C20H22BrN3O3S2/c1-15-4-3-5-16(14-15)19-22-23-20(24(19)10-11-27-2)28-12-13-29(25,26)18-8-6-17(21)7-9-18/h3-9,14H,10-13H2,1-2H3. The first kappa shape index (κ1) is 22.0. The minimum Gasteiger partial charge on any atom is -0.383 e. The molecule has 0 radical (unpaired) electrons. The van der Waals surface area contributed by atoms with Gasteiger partial charge in [-0.3, -0.25) is 4.57 Å². The molecule has 1 aromatic heterocycles. The van der Waals surface area contributed by atoms with E-state index in [1.807, 2.05) is 29.7 Å². The van der Waals surface area contributed by atoms with Gasteiger partial charge >= 0.3 is 0 Å². The summed E-state index contributed by atoms with van der Waals surface area (Å²) in [7, 11) is -1.70. The third-order valence-corrected chi connectivity index (χ3v) is 7.76. The lowest BCUT2D eigenvalue weighted by Crippen LogP contribution is -2.11. The van der Waals surface area contributed by atoms with Crippen LogP contribution in [0.1, 0.15) is 5.56 Å². The van der Waals surface area contributed by atoms with Gasteiger partial charge in [-0.15, -0.1) is 10.2 Å². The molecule has 6 nitrogen and oxygen atoms in total. The van der Waals surface area contributed by atoms with Gasteiger partial charge in [0.1, 0.15) is 0 Å². The van der Waals surface area contributed by atoms with Crippen molar-refractivity contribution >= 4 is 37.5 Å². The minimum atomic E-state index is -3.35. The van der Waals surface area contributed by atoms with Crippen molar-refractivity contribution in [2.45, 2.75) is 23.5 Å². The van der Waals surface area contributed by atoms with Crippen molar-refractivity contribution in [1.82, 2.24) is 14.8 Å². The number of ether oxygens (including phenoxy) is 1. The first-order valence-electron chi connectivity index (χ1n) is 9.01. The number of hydrogen-bond donors (Lipinski definition) is 0. The highest BCUT2D eigenvalue weighted by Gasteiger charge is 2.18. The fourth-order valence-corrected chi connectivity index (χ4v) is 5.66. The van der Waals surface area contributed by atoms with E-state index in [-0.39, 0.29) is 5.75 Å². The third kappa shape index (κ3) is 5.69. The van der Waals surface area contributed by atoms with E-state index in [0.29, 0.717) is 29.0 Å². The van der Waals surface area contributed by atoms with Crippen molar-refractivity contribution in [2.75, 3.05) is 25.2 Å². The van der Waals surface area contributed by atoms with Gasteiger partial charge in [-0.1, -0.05) is 51.5 Å². The molecule has 1 heterocycles. The Labute approximate surface area is 183 Å². The molecule has 0 fully saturated rings. The Morgan fingerprint density at radius 1 is 1.14 bits per heavy atom. The summed E-state index contributed by atoms with van der Waals surface area (Å²) in [5, 5.41) is 9.33. The highest BCUT2D eigenvalue weighted by Crippen LogP contribution is 2.25. The number of thioether (sulfide) groups is 1. The average Bonchev–Trinajstić information content (AvgIpc) is 3.09. The number of benzene rings is 2. The highest BCUT2D eigenvalue weighted by molar-refractivity contribution is 9.10. The molecule has 3 aromatic rings. The van der Waals surface area contributed by atoms with Crippen LogP contribution in [0.4, 0.5) is 0 Å². The zero-order chi connectivity index (χ0) is 20.9. The normalized spacial score (nSPS) is 11.7. The molecule has 0 aliphatic rings. The van der Waals surface area contributed by atoms with Crippen LogP contribution in [0.25, 0.3) is 11.4 Å². The van der Waals surface area contributed by atoms with E-state index in [1.54, 1.807) is 31.4 Å². The number of aromatic nitrogens is 3. The Morgan fingerprint density at radius 2 is 1.90 bits per heavy atom. The summed E-state index contributed by atoms with van der Waals surface area (Å²) in [6.45, 7) is 3.14. The van der Waals surface area contributed by atoms with Crippen molar-refractivity contribution < 1.29 is 13.2 Å². The minimum absolute atomic E-state index is 0.0240. The molecule has 0 saturated heterocycles. The van der Waals surface area contributed by atoms with E-state index in [9.17, 15) is 8.42 Å².